The van der Waals surface area contributed by atoms with E-state index in [1.165, 1.54) is 42.5 Å². The number of anilines is 1. The predicted molar refractivity (Wildman–Crippen MR) is 99.3 cm³/mol. The molecule has 134 valence electrons. The van der Waals surface area contributed by atoms with Crippen molar-refractivity contribution in [3.8, 4) is 0 Å². The fourth-order valence-corrected chi connectivity index (χ4v) is 4.31. The molecule has 25 heavy (non-hydrogen) atoms. The number of aliphatic carboxylic acids is 1. The molecular formula is C16H14Cl3NO4S. The van der Waals surface area contributed by atoms with E-state index in [0.717, 1.165) is 4.31 Å². The van der Waals surface area contributed by atoms with Gasteiger partial charge in [-0.25, -0.2) is 8.42 Å². The van der Waals surface area contributed by atoms with Crippen LogP contribution in [0.4, 0.5) is 5.69 Å². The van der Waals surface area contributed by atoms with Gasteiger partial charge in [-0.3, -0.25) is 9.10 Å². The molecule has 0 radical (unpaired) electrons. The Morgan fingerprint density at radius 2 is 1.52 bits per heavy atom. The van der Waals surface area contributed by atoms with Gasteiger partial charge in [0.1, 0.15) is 0 Å². The van der Waals surface area contributed by atoms with Crippen molar-refractivity contribution in [1.29, 1.82) is 0 Å². The fourth-order valence-electron chi connectivity index (χ4n) is 2.18. The molecule has 0 heterocycles. The van der Waals surface area contributed by atoms with Crippen LogP contribution >= 0.6 is 34.8 Å². The molecule has 9 heteroatoms. The van der Waals surface area contributed by atoms with Gasteiger partial charge in [-0.1, -0.05) is 34.8 Å². The molecule has 2 aromatic carbocycles. The normalized spacial score (nSPS) is 11.3. The summed E-state index contributed by atoms with van der Waals surface area (Å²) >= 11 is 17.8. The highest BCUT2D eigenvalue weighted by Crippen LogP contribution is 2.30. The van der Waals surface area contributed by atoms with Crippen LogP contribution in [-0.2, 0) is 14.8 Å². The Kier molecular flexibility index (Phi) is 6.57. The van der Waals surface area contributed by atoms with Crippen LogP contribution in [0.1, 0.15) is 12.8 Å². The molecule has 1 N–H and O–H groups in total. The predicted octanol–water partition coefficient (Wildman–Crippen LogP) is 4.71. The van der Waals surface area contributed by atoms with Gasteiger partial charge in [-0.2, -0.15) is 0 Å². The van der Waals surface area contributed by atoms with Crippen molar-refractivity contribution in [2.24, 2.45) is 0 Å². The number of benzene rings is 2. The average molecular weight is 423 g/mol. The van der Waals surface area contributed by atoms with Gasteiger partial charge in [-0.15, -0.1) is 0 Å². The zero-order chi connectivity index (χ0) is 18.6. The Bertz CT molecular complexity index is 849. The minimum atomic E-state index is -3.94. The lowest BCUT2D eigenvalue weighted by atomic mass is 10.3. The lowest BCUT2D eigenvalue weighted by Crippen LogP contribution is -2.32. The zero-order valence-electron chi connectivity index (χ0n) is 12.8. The fraction of sp³-hybridized carbons (Fsp3) is 0.188. The van der Waals surface area contributed by atoms with Crippen molar-refractivity contribution in [2.45, 2.75) is 17.7 Å². The summed E-state index contributed by atoms with van der Waals surface area (Å²) in [6, 6.07) is 10.1. The lowest BCUT2D eigenvalue weighted by Gasteiger charge is -2.25. The minimum absolute atomic E-state index is 0.0309. The van der Waals surface area contributed by atoms with Crippen LogP contribution in [0, 0.1) is 0 Å². The maximum atomic E-state index is 13.0. The van der Waals surface area contributed by atoms with Crippen molar-refractivity contribution < 1.29 is 18.3 Å². The number of rotatable bonds is 7. The van der Waals surface area contributed by atoms with Crippen molar-refractivity contribution in [2.75, 3.05) is 10.8 Å². The Morgan fingerprint density at radius 3 is 2.04 bits per heavy atom. The van der Waals surface area contributed by atoms with E-state index < -0.39 is 16.0 Å². The number of halogens is 3. The minimum Gasteiger partial charge on any atom is -0.481 e. The summed E-state index contributed by atoms with van der Waals surface area (Å²) in [5, 5.41) is 9.77. The molecule has 0 aliphatic rings. The van der Waals surface area contributed by atoms with Gasteiger partial charge >= 0.3 is 5.97 Å². The van der Waals surface area contributed by atoms with Gasteiger partial charge in [0.15, 0.2) is 0 Å². The second-order valence-corrected chi connectivity index (χ2v) is 8.33. The summed E-state index contributed by atoms with van der Waals surface area (Å²) in [7, 11) is -3.94. The topological polar surface area (TPSA) is 74.7 Å². The van der Waals surface area contributed by atoms with Crippen LogP contribution in [0.2, 0.25) is 15.1 Å². The molecule has 0 unspecified atom stereocenters. The summed E-state index contributed by atoms with van der Waals surface area (Å²) in [6.07, 6.45) is -0.0345. The molecule has 0 aromatic heterocycles. The highest BCUT2D eigenvalue weighted by molar-refractivity contribution is 7.92. The van der Waals surface area contributed by atoms with Gasteiger partial charge in [0.2, 0.25) is 0 Å². The number of carboxylic acid groups (broad SMARTS) is 1. The van der Waals surface area contributed by atoms with E-state index >= 15 is 0 Å². The van der Waals surface area contributed by atoms with E-state index in [4.69, 9.17) is 39.9 Å². The first-order valence-electron chi connectivity index (χ1n) is 7.16. The molecule has 2 rings (SSSR count). The number of sulfonamides is 1. The van der Waals surface area contributed by atoms with Crippen LogP contribution in [0.3, 0.4) is 0 Å². The SMILES string of the molecule is O=C(O)CCCN(c1cc(Cl)cc(Cl)c1)S(=O)(=O)c1ccc(Cl)cc1. The molecule has 0 saturated carbocycles. The molecule has 0 aliphatic carbocycles. The van der Waals surface area contributed by atoms with E-state index in [0.29, 0.717) is 5.02 Å². The van der Waals surface area contributed by atoms with E-state index in [1.54, 1.807) is 0 Å². The van der Waals surface area contributed by atoms with Gasteiger partial charge in [-0.05, 0) is 48.9 Å². The van der Waals surface area contributed by atoms with Gasteiger partial charge < -0.3 is 5.11 Å². The first-order chi connectivity index (χ1) is 11.7. The first kappa shape index (κ1) is 19.8. The number of nitrogens with zero attached hydrogens (tertiary/aromatic N) is 1. The van der Waals surface area contributed by atoms with E-state index in [9.17, 15) is 13.2 Å². The van der Waals surface area contributed by atoms with Gasteiger partial charge in [0.25, 0.3) is 10.0 Å². The van der Waals surface area contributed by atoms with Gasteiger partial charge in [0, 0.05) is 28.0 Å². The Balaban J connectivity index is 2.45. The Labute approximate surface area is 160 Å². The molecule has 0 saturated heterocycles. The lowest BCUT2D eigenvalue weighted by molar-refractivity contribution is -0.137. The number of carbonyl (C=O) groups is 1. The van der Waals surface area contributed by atoms with E-state index in [-0.39, 0.29) is 40.0 Å². The second-order valence-electron chi connectivity index (χ2n) is 5.16. The Hall–Kier alpha value is -1.47. The van der Waals surface area contributed by atoms with Crippen LogP contribution in [0.5, 0.6) is 0 Å². The summed E-state index contributed by atoms with van der Waals surface area (Å²) in [5.41, 5.74) is 0.262. The zero-order valence-corrected chi connectivity index (χ0v) is 15.9. The van der Waals surface area contributed by atoms with Crippen LogP contribution in [-0.4, -0.2) is 26.0 Å². The van der Waals surface area contributed by atoms with Crippen molar-refractivity contribution in [3.05, 3.63) is 57.5 Å². The Morgan fingerprint density at radius 1 is 0.960 bits per heavy atom. The highest BCUT2D eigenvalue weighted by atomic mass is 35.5. The maximum absolute atomic E-state index is 13.0. The summed E-state index contributed by atoms with van der Waals surface area (Å²) < 4.78 is 27.1. The van der Waals surface area contributed by atoms with Crippen molar-refractivity contribution >= 4 is 56.5 Å². The molecule has 0 atom stereocenters. The summed E-state index contributed by atoms with van der Waals surface area (Å²) in [4.78, 5) is 10.8. The first-order valence-corrected chi connectivity index (χ1v) is 9.74. The largest absolute Gasteiger partial charge is 0.481 e. The van der Waals surface area contributed by atoms with Crippen molar-refractivity contribution in [3.63, 3.8) is 0 Å². The van der Waals surface area contributed by atoms with Crippen molar-refractivity contribution in [1.82, 2.24) is 0 Å². The molecule has 5 nitrogen and oxygen atoms in total. The number of carboxylic acids is 1. The molecule has 0 spiro atoms. The van der Waals surface area contributed by atoms with Gasteiger partial charge in [0.05, 0.1) is 10.6 Å². The third-order valence-corrected chi connectivity index (χ3v) is 5.82. The third-order valence-electron chi connectivity index (χ3n) is 3.29. The average Bonchev–Trinajstić information content (AvgIpc) is 2.50. The molecule has 0 bridgehead atoms. The standard InChI is InChI=1S/C16H14Cl3NO4S/c17-11-3-5-15(6-4-11)25(23,24)20(7-1-2-16(21)22)14-9-12(18)8-13(19)10-14/h3-6,8-10H,1-2,7H2,(H,21,22). The molecular weight excluding hydrogens is 409 g/mol. The number of hydrogen-bond acceptors (Lipinski definition) is 3. The molecule has 0 fully saturated rings. The monoisotopic (exact) mass is 421 g/mol. The second kappa shape index (κ2) is 8.27. The molecule has 0 amide bonds. The number of hydrogen-bond donors (Lipinski definition) is 1. The van der Waals surface area contributed by atoms with E-state index in [2.05, 4.69) is 0 Å². The highest BCUT2D eigenvalue weighted by Gasteiger charge is 2.25. The maximum Gasteiger partial charge on any atom is 0.303 e. The molecule has 2 aromatic rings. The summed E-state index contributed by atoms with van der Waals surface area (Å²) in [6.45, 7) is -0.0338. The smallest absolute Gasteiger partial charge is 0.303 e. The molecule has 0 aliphatic heterocycles. The quantitative estimate of drug-likeness (QED) is 0.701. The van der Waals surface area contributed by atoms with Crippen LogP contribution in [0.15, 0.2) is 47.4 Å². The summed E-state index contributed by atoms with van der Waals surface area (Å²) in [5.74, 6) is -1.01. The van der Waals surface area contributed by atoms with E-state index in [1.807, 2.05) is 0 Å². The van der Waals surface area contributed by atoms with Crippen LogP contribution < -0.4 is 4.31 Å². The van der Waals surface area contributed by atoms with Crippen LogP contribution in [0.25, 0.3) is 0 Å². The third kappa shape index (κ3) is 5.25.